The van der Waals surface area contributed by atoms with Crippen LogP contribution in [0, 0.1) is 5.92 Å². The fourth-order valence-corrected chi connectivity index (χ4v) is 1.85. The Hall–Kier alpha value is -1.10. The maximum Gasteiger partial charge on any atom is 0.320 e. The molecule has 94 valence electrons. The summed E-state index contributed by atoms with van der Waals surface area (Å²) in [4.78, 5) is 19.6. The van der Waals surface area contributed by atoms with Crippen LogP contribution in [0.25, 0.3) is 0 Å². The predicted molar refractivity (Wildman–Crippen MR) is 60.4 cm³/mol. The van der Waals surface area contributed by atoms with Crippen molar-refractivity contribution in [2.75, 3.05) is 6.54 Å². The summed E-state index contributed by atoms with van der Waals surface area (Å²) in [5.74, 6) is -0.909. The lowest BCUT2D eigenvalue weighted by Crippen LogP contribution is -2.43. The average molecular weight is 231 g/mol. The summed E-state index contributed by atoms with van der Waals surface area (Å²) in [5, 5.41) is 19.2. The highest BCUT2D eigenvalue weighted by molar-refractivity contribution is 5.73. The summed E-state index contributed by atoms with van der Waals surface area (Å²) in [6.07, 6.45) is 4.28. The van der Waals surface area contributed by atoms with E-state index in [4.69, 9.17) is 15.0 Å². The molecule has 5 nitrogen and oxygen atoms in total. The molecule has 1 aliphatic heterocycles. The minimum absolute atomic E-state index is 0.296. The standard InChI is InChI=1S/C9H17NO2.C2H4O2/c1-2-3-7-4-5-10-8(6-7)9(11)12;1-2(3)4/h7-8,10H,2-6H2,1H3,(H,11,12);1H3,(H,3,4). The van der Waals surface area contributed by atoms with Crippen LogP contribution in [-0.4, -0.2) is 34.7 Å². The van der Waals surface area contributed by atoms with Crippen molar-refractivity contribution in [3.05, 3.63) is 0 Å². The van der Waals surface area contributed by atoms with Gasteiger partial charge in [-0.3, -0.25) is 9.59 Å². The number of aliphatic carboxylic acids is 2. The van der Waals surface area contributed by atoms with Gasteiger partial charge in [0, 0.05) is 6.92 Å². The predicted octanol–water partition coefficient (Wildman–Crippen LogP) is 1.33. The van der Waals surface area contributed by atoms with E-state index in [2.05, 4.69) is 12.2 Å². The Morgan fingerprint density at radius 3 is 2.38 bits per heavy atom. The van der Waals surface area contributed by atoms with Gasteiger partial charge in [0.25, 0.3) is 5.97 Å². The fraction of sp³-hybridized carbons (Fsp3) is 0.818. The van der Waals surface area contributed by atoms with E-state index in [1.165, 1.54) is 6.42 Å². The van der Waals surface area contributed by atoms with Crippen molar-refractivity contribution >= 4 is 11.9 Å². The van der Waals surface area contributed by atoms with Crippen molar-refractivity contribution in [1.82, 2.24) is 5.32 Å². The Labute approximate surface area is 95.9 Å². The number of rotatable bonds is 3. The lowest BCUT2D eigenvalue weighted by atomic mass is 9.89. The summed E-state index contributed by atoms with van der Waals surface area (Å²) in [7, 11) is 0. The van der Waals surface area contributed by atoms with Crippen molar-refractivity contribution in [3.63, 3.8) is 0 Å². The van der Waals surface area contributed by atoms with E-state index < -0.39 is 11.9 Å². The normalized spacial score (nSPS) is 24.1. The molecule has 1 aliphatic rings. The molecule has 1 saturated heterocycles. The Bertz CT molecular complexity index is 224. The molecule has 0 aromatic heterocycles. The van der Waals surface area contributed by atoms with E-state index in [1.54, 1.807) is 0 Å². The van der Waals surface area contributed by atoms with Gasteiger partial charge in [-0.1, -0.05) is 19.8 Å². The number of carboxylic acids is 2. The van der Waals surface area contributed by atoms with E-state index in [-0.39, 0.29) is 6.04 Å². The van der Waals surface area contributed by atoms with Crippen LogP contribution in [0.1, 0.15) is 39.5 Å². The molecule has 0 amide bonds. The summed E-state index contributed by atoms with van der Waals surface area (Å²) >= 11 is 0. The third kappa shape index (κ3) is 7.23. The summed E-state index contributed by atoms with van der Waals surface area (Å²) in [6.45, 7) is 4.10. The molecule has 1 heterocycles. The van der Waals surface area contributed by atoms with Gasteiger partial charge in [0.05, 0.1) is 0 Å². The summed E-state index contributed by atoms with van der Waals surface area (Å²) in [5.41, 5.74) is 0. The molecule has 1 fully saturated rings. The first-order chi connectivity index (χ1) is 7.47. The molecular formula is C11H21NO4. The van der Waals surface area contributed by atoms with Crippen molar-refractivity contribution in [2.45, 2.75) is 45.6 Å². The van der Waals surface area contributed by atoms with Crippen molar-refractivity contribution in [2.24, 2.45) is 5.92 Å². The smallest absolute Gasteiger partial charge is 0.320 e. The average Bonchev–Trinajstić information content (AvgIpc) is 2.17. The van der Waals surface area contributed by atoms with Gasteiger partial charge >= 0.3 is 5.97 Å². The van der Waals surface area contributed by atoms with E-state index in [0.29, 0.717) is 5.92 Å². The van der Waals surface area contributed by atoms with Crippen LogP contribution in [-0.2, 0) is 9.59 Å². The summed E-state index contributed by atoms with van der Waals surface area (Å²) < 4.78 is 0. The number of hydrogen-bond donors (Lipinski definition) is 3. The lowest BCUT2D eigenvalue weighted by Gasteiger charge is -2.27. The second-order valence-corrected chi connectivity index (χ2v) is 4.04. The highest BCUT2D eigenvalue weighted by Crippen LogP contribution is 2.20. The van der Waals surface area contributed by atoms with Gasteiger partial charge < -0.3 is 15.5 Å². The molecule has 0 aliphatic carbocycles. The third-order valence-corrected chi connectivity index (χ3v) is 2.51. The topological polar surface area (TPSA) is 86.6 Å². The molecule has 1 rings (SSSR count). The molecule has 16 heavy (non-hydrogen) atoms. The van der Waals surface area contributed by atoms with E-state index in [9.17, 15) is 4.79 Å². The van der Waals surface area contributed by atoms with Crippen molar-refractivity contribution in [3.8, 4) is 0 Å². The molecule has 0 bridgehead atoms. The zero-order valence-corrected chi connectivity index (χ0v) is 9.90. The van der Waals surface area contributed by atoms with Gasteiger partial charge in [-0.2, -0.15) is 0 Å². The highest BCUT2D eigenvalue weighted by Gasteiger charge is 2.25. The minimum Gasteiger partial charge on any atom is -0.481 e. The fourth-order valence-electron chi connectivity index (χ4n) is 1.85. The number of carbonyl (C=O) groups is 2. The second kappa shape index (κ2) is 8.10. The lowest BCUT2D eigenvalue weighted by molar-refractivity contribution is -0.140. The zero-order valence-electron chi connectivity index (χ0n) is 9.90. The molecule has 0 aromatic rings. The van der Waals surface area contributed by atoms with Crippen LogP contribution in [0.2, 0.25) is 0 Å². The van der Waals surface area contributed by atoms with Crippen LogP contribution >= 0.6 is 0 Å². The molecule has 2 atom stereocenters. The van der Waals surface area contributed by atoms with Gasteiger partial charge in [-0.25, -0.2) is 0 Å². The molecule has 0 aromatic carbocycles. The Balaban J connectivity index is 0.000000487. The van der Waals surface area contributed by atoms with Gasteiger partial charge in [0.2, 0.25) is 0 Å². The maximum atomic E-state index is 10.6. The van der Waals surface area contributed by atoms with Crippen LogP contribution < -0.4 is 5.32 Å². The molecule has 0 saturated carbocycles. The molecule has 2 unspecified atom stereocenters. The third-order valence-electron chi connectivity index (χ3n) is 2.51. The number of hydrogen-bond acceptors (Lipinski definition) is 3. The van der Waals surface area contributed by atoms with Crippen LogP contribution in [0.15, 0.2) is 0 Å². The maximum absolute atomic E-state index is 10.6. The molecule has 0 spiro atoms. The number of nitrogens with one attached hydrogen (secondary N) is 1. The molecular weight excluding hydrogens is 210 g/mol. The van der Waals surface area contributed by atoms with Gasteiger partial charge in [-0.15, -0.1) is 0 Å². The van der Waals surface area contributed by atoms with Gasteiger partial charge in [0.1, 0.15) is 6.04 Å². The Kier molecular flexibility index (Phi) is 7.54. The molecule has 3 N–H and O–H groups in total. The first kappa shape index (κ1) is 14.9. The second-order valence-electron chi connectivity index (χ2n) is 4.04. The summed E-state index contributed by atoms with van der Waals surface area (Å²) in [6, 6.07) is -0.296. The quantitative estimate of drug-likeness (QED) is 0.682. The highest BCUT2D eigenvalue weighted by atomic mass is 16.4. The van der Waals surface area contributed by atoms with Crippen molar-refractivity contribution in [1.29, 1.82) is 0 Å². The van der Waals surface area contributed by atoms with Gasteiger partial charge in [0.15, 0.2) is 0 Å². The van der Waals surface area contributed by atoms with Crippen molar-refractivity contribution < 1.29 is 19.8 Å². The minimum atomic E-state index is -0.833. The molecule has 5 heteroatoms. The van der Waals surface area contributed by atoms with Gasteiger partial charge in [-0.05, 0) is 25.3 Å². The monoisotopic (exact) mass is 231 g/mol. The van der Waals surface area contributed by atoms with E-state index in [1.807, 2.05) is 0 Å². The number of piperidine rings is 1. The first-order valence-electron chi connectivity index (χ1n) is 5.63. The largest absolute Gasteiger partial charge is 0.481 e. The Morgan fingerprint density at radius 2 is 1.94 bits per heavy atom. The Morgan fingerprint density at radius 1 is 1.38 bits per heavy atom. The number of carboxylic acid groups (broad SMARTS) is 2. The van der Waals surface area contributed by atoms with Crippen LogP contribution in [0.5, 0.6) is 0 Å². The van der Waals surface area contributed by atoms with Crippen LogP contribution in [0.3, 0.4) is 0 Å². The molecule has 0 radical (unpaired) electrons. The van der Waals surface area contributed by atoms with Crippen LogP contribution in [0.4, 0.5) is 0 Å². The van der Waals surface area contributed by atoms with E-state index >= 15 is 0 Å². The van der Waals surface area contributed by atoms with E-state index in [0.717, 1.165) is 32.7 Å². The SMILES string of the molecule is CC(=O)O.CCCC1CCNC(C(=O)O)C1. The first-order valence-corrected chi connectivity index (χ1v) is 5.63. The zero-order chi connectivity index (χ0) is 12.6.